The molecule has 1 atom stereocenters. The summed E-state index contributed by atoms with van der Waals surface area (Å²) in [6.45, 7) is 3.46. The van der Waals surface area contributed by atoms with E-state index < -0.39 is 0 Å². The van der Waals surface area contributed by atoms with Crippen LogP contribution in [0.2, 0.25) is 0 Å². The zero-order valence-corrected chi connectivity index (χ0v) is 20.3. The Labute approximate surface area is 209 Å². The van der Waals surface area contributed by atoms with Crippen LogP contribution in [0.4, 0.5) is 0 Å². The van der Waals surface area contributed by atoms with Crippen LogP contribution in [-0.4, -0.2) is 51.7 Å². The second-order valence-corrected chi connectivity index (χ2v) is 8.68. The number of carbonyl (C=O) groups excluding carboxylic acids is 2. The maximum Gasteiger partial charge on any atom is 0.310 e. The Hall–Kier alpha value is -4.01. The summed E-state index contributed by atoms with van der Waals surface area (Å²) >= 11 is 0. The van der Waals surface area contributed by atoms with Crippen LogP contribution in [0.15, 0.2) is 59.4 Å². The maximum atomic E-state index is 12.7. The fourth-order valence-electron chi connectivity index (χ4n) is 4.17. The first-order chi connectivity index (χ1) is 17.5. The Balaban J connectivity index is 1.35. The number of ether oxygens (including phenoxy) is 2. The zero-order valence-electron chi connectivity index (χ0n) is 20.3. The van der Waals surface area contributed by atoms with Crippen LogP contribution in [0.25, 0.3) is 11.4 Å². The van der Waals surface area contributed by atoms with Crippen LogP contribution in [-0.2, 0) is 27.4 Å². The predicted octanol–water partition coefficient (Wildman–Crippen LogP) is 3.15. The van der Waals surface area contributed by atoms with Gasteiger partial charge in [-0.15, -0.1) is 10.2 Å². The third-order valence-corrected chi connectivity index (χ3v) is 6.09. The molecule has 1 amide bonds. The van der Waals surface area contributed by atoms with E-state index in [1.165, 1.54) is 0 Å². The molecular formula is C27H30N4O5. The van der Waals surface area contributed by atoms with Gasteiger partial charge in [0, 0.05) is 31.5 Å². The van der Waals surface area contributed by atoms with Gasteiger partial charge in [0.15, 0.2) is 5.82 Å². The van der Waals surface area contributed by atoms with E-state index in [9.17, 15) is 14.4 Å². The summed E-state index contributed by atoms with van der Waals surface area (Å²) in [7, 11) is 0. The molecule has 0 bridgehead atoms. The van der Waals surface area contributed by atoms with Gasteiger partial charge in [0.2, 0.25) is 5.91 Å². The molecule has 9 nitrogen and oxygen atoms in total. The Kier molecular flexibility index (Phi) is 8.44. The van der Waals surface area contributed by atoms with Crippen LogP contribution in [0.3, 0.4) is 0 Å². The summed E-state index contributed by atoms with van der Waals surface area (Å²) in [5.41, 5.74) is 1.54. The first-order valence-corrected chi connectivity index (χ1v) is 12.2. The number of carbonyl (C=O) groups is 2. The number of rotatable bonds is 9. The SMILES string of the molecule is CCOC(=O)C1CCCN(C(=O)CCc2nnc(-c3cccc(OCc4ccccc4)c3)[nH]c2=O)C1. The standard InChI is InChI=1S/C27H30N4O5/c1-2-35-27(34)21-11-7-15-31(17-21)24(32)14-13-23-26(33)28-25(30-29-23)20-10-6-12-22(16-20)36-18-19-8-4-3-5-9-19/h3-6,8-10,12,16,21H,2,7,11,13-15,17-18H2,1H3,(H,28,30,33). The van der Waals surface area contributed by atoms with Crippen molar-refractivity contribution in [3.8, 4) is 17.1 Å². The minimum absolute atomic E-state index is 0.113. The third-order valence-electron chi connectivity index (χ3n) is 6.09. The smallest absolute Gasteiger partial charge is 0.310 e. The van der Waals surface area contributed by atoms with E-state index in [-0.39, 0.29) is 41.9 Å². The Morgan fingerprint density at radius 3 is 2.72 bits per heavy atom. The van der Waals surface area contributed by atoms with E-state index in [1.54, 1.807) is 17.9 Å². The van der Waals surface area contributed by atoms with E-state index in [4.69, 9.17) is 9.47 Å². The van der Waals surface area contributed by atoms with Gasteiger partial charge in [0.1, 0.15) is 18.1 Å². The van der Waals surface area contributed by atoms with Crippen LogP contribution in [0.5, 0.6) is 5.75 Å². The van der Waals surface area contributed by atoms with E-state index >= 15 is 0 Å². The van der Waals surface area contributed by atoms with Crippen molar-refractivity contribution in [1.82, 2.24) is 20.1 Å². The van der Waals surface area contributed by atoms with Gasteiger partial charge in [-0.2, -0.15) is 0 Å². The normalized spacial score (nSPS) is 15.4. The molecule has 1 fully saturated rings. The second kappa shape index (κ2) is 12.1. The third kappa shape index (κ3) is 6.56. The fourth-order valence-corrected chi connectivity index (χ4v) is 4.17. The maximum absolute atomic E-state index is 12.7. The lowest BCUT2D eigenvalue weighted by atomic mass is 9.98. The molecule has 1 N–H and O–H groups in total. The lowest BCUT2D eigenvalue weighted by Crippen LogP contribution is -2.43. The summed E-state index contributed by atoms with van der Waals surface area (Å²) in [6.07, 6.45) is 1.75. The van der Waals surface area contributed by atoms with Gasteiger partial charge in [-0.05, 0) is 37.5 Å². The molecule has 2 heterocycles. The lowest BCUT2D eigenvalue weighted by molar-refractivity contribution is -0.151. The highest BCUT2D eigenvalue weighted by atomic mass is 16.5. The number of aromatic nitrogens is 3. The highest BCUT2D eigenvalue weighted by molar-refractivity contribution is 5.78. The lowest BCUT2D eigenvalue weighted by Gasteiger charge is -2.31. The average Bonchev–Trinajstić information content (AvgIpc) is 2.92. The van der Waals surface area contributed by atoms with Crippen LogP contribution < -0.4 is 10.3 Å². The fraction of sp³-hybridized carbons (Fsp3) is 0.370. The molecule has 0 spiro atoms. The number of nitrogens with zero attached hydrogens (tertiary/aromatic N) is 3. The number of amides is 1. The van der Waals surface area contributed by atoms with Gasteiger partial charge >= 0.3 is 5.97 Å². The number of esters is 1. The number of likely N-dealkylation sites (tertiary alicyclic amines) is 1. The summed E-state index contributed by atoms with van der Waals surface area (Å²) in [4.78, 5) is 41.8. The van der Waals surface area contributed by atoms with Crippen molar-refractivity contribution in [1.29, 1.82) is 0 Å². The Bertz CT molecular complexity index is 1240. The molecule has 0 radical (unpaired) electrons. The van der Waals surface area contributed by atoms with Gasteiger partial charge in [-0.25, -0.2) is 0 Å². The molecule has 2 aromatic carbocycles. The molecule has 9 heteroatoms. The van der Waals surface area contributed by atoms with Gasteiger partial charge in [0.05, 0.1) is 12.5 Å². The van der Waals surface area contributed by atoms with E-state index in [2.05, 4.69) is 15.2 Å². The number of hydrogen-bond acceptors (Lipinski definition) is 7. The summed E-state index contributed by atoms with van der Waals surface area (Å²) < 4.78 is 11.0. The average molecular weight is 491 g/mol. The zero-order chi connectivity index (χ0) is 25.3. The van der Waals surface area contributed by atoms with Gasteiger partial charge in [-0.1, -0.05) is 42.5 Å². The molecular weight excluding hydrogens is 460 g/mol. The number of H-pyrrole nitrogens is 1. The van der Waals surface area contributed by atoms with Crippen molar-refractivity contribution in [3.63, 3.8) is 0 Å². The van der Waals surface area contributed by atoms with Crippen molar-refractivity contribution in [2.45, 2.75) is 39.2 Å². The van der Waals surface area contributed by atoms with Gasteiger partial charge < -0.3 is 19.4 Å². The molecule has 1 aromatic heterocycles. The molecule has 0 saturated carbocycles. The minimum Gasteiger partial charge on any atom is -0.489 e. The van der Waals surface area contributed by atoms with Crippen LogP contribution >= 0.6 is 0 Å². The van der Waals surface area contributed by atoms with Gasteiger partial charge in [0.25, 0.3) is 5.56 Å². The molecule has 1 unspecified atom stereocenters. The van der Waals surface area contributed by atoms with Crippen molar-refractivity contribution < 1.29 is 19.1 Å². The minimum atomic E-state index is -0.383. The molecule has 1 aliphatic heterocycles. The molecule has 36 heavy (non-hydrogen) atoms. The van der Waals surface area contributed by atoms with E-state index in [0.29, 0.717) is 49.9 Å². The predicted molar refractivity (Wildman–Crippen MR) is 133 cm³/mol. The van der Waals surface area contributed by atoms with Crippen molar-refractivity contribution in [2.75, 3.05) is 19.7 Å². The highest BCUT2D eigenvalue weighted by Crippen LogP contribution is 2.21. The highest BCUT2D eigenvalue weighted by Gasteiger charge is 2.29. The molecule has 3 aromatic rings. The van der Waals surface area contributed by atoms with Crippen molar-refractivity contribution >= 4 is 11.9 Å². The van der Waals surface area contributed by atoms with Crippen molar-refractivity contribution in [3.05, 3.63) is 76.2 Å². The van der Waals surface area contributed by atoms with E-state index in [1.807, 2.05) is 48.5 Å². The first-order valence-electron chi connectivity index (χ1n) is 12.2. The Morgan fingerprint density at radius 1 is 1.11 bits per heavy atom. The molecule has 188 valence electrons. The van der Waals surface area contributed by atoms with Crippen LogP contribution in [0, 0.1) is 5.92 Å². The molecule has 1 aliphatic rings. The summed E-state index contributed by atoms with van der Waals surface area (Å²) in [6, 6.07) is 17.1. The second-order valence-electron chi connectivity index (χ2n) is 8.68. The number of piperidine rings is 1. The first kappa shape index (κ1) is 25.1. The van der Waals surface area contributed by atoms with Gasteiger partial charge in [-0.3, -0.25) is 14.4 Å². The number of nitrogens with one attached hydrogen (secondary N) is 1. The number of benzene rings is 2. The largest absolute Gasteiger partial charge is 0.489 e. The molecule has 1 saturated heterocycles. The quantitative estimate of drug-likeness (QED) is 0.458. The van der Waals surface area contributed by atoms with E-state index in [0.717, 1.165) is 12.0 Å². The number of aromatic amines is 1. The summed E-state index contributed by atoms with van der Waals surface area (Å²) in [5.74, 6) is 0.308. The molecule has 0 aliphatic carbocycles. The van der Waals surface area contributed by atoms with Crippen LogP contribution in [0.1, 0.15) is 37.4 Å². The summed E-state index contributed by atoms with van der Waals surface area (Å²) in [5, 5.41) is 8.25. The number of hydrogen-bond donors (Lipinski definition) is 1. The monoisotopic (exact) mass is 490 g/mol. The van der Waals surface area contributed by atoms with Crippen molar-refractivity contribution in [2.24, 2.45) is 5.92 Å². The number of aryl methyl sites for hydroxylation is 1. The topological polar surface area (TPSA) is 114 Å². The Morgan fingerprint density at radius 2 is 1.94 bits per heavy atom. The molecule has 4 rings (SSSR count).